The smallest absolute Gasteiger partial charge is 0.322 e. The molecule has 1 atom stereocenters. The Morgan fingerprint density at radius 2 is 2.40 bits per heavy atom. The van der Waals surface area contributed by atoms with Gasteiger partial charge in [0.1, 0.15) is 11.6 Å². The van der Waals surface area contributed by atoms with E-state index in [-0.39, 0.29) is 18.7 Å². The molecule has 0 aromatic heterocycles. The first-order valence-electron chi connectivity index (χ1n) is 6.67. The number of carbonyl (C=O) groups is 1. The van der Waals surface area contributed by atoms with Crippen molar-refractivity contribution in [2.75, 3.05) is 25.6 Å². The van der Waals surface area contributed by atoms with Gasteiger partial charge in [0, 0.05) is 25.3 Å². The van der Waals surface area contributed by atoms with E-state index in [1.807, 2.05) is 0 Å². The van der Waals surface area contributed by atoms with Crippen LogP contribution in [0.5, 0.6) is 5.75 Å². The van der Waals surface area contributed by atoms with Gasteiger partial charge in [0.15, 0.2) is 0 Å². The van der Waals surface area contributed by atoms with Gasteiger partial charge in [0.2, 0.25) is 0 Å². The molecule has 1 aromatic carbocycles. The van der Waals surface area contributed by atoms with E-state index in [1.165, 1.54) is 25.3 Å². The lowest BCUT2D eigenvalue weighted by atomic mass is 10.1. The Bertz CT molecular complexity index is 481. The summed E-state index contributed by atoms with van der Waals surface area (Å²) in [5.41, 5.74) is 0.312. The third kappa shape index (κ3) is 3.19. The van der Waals surface area contributed by atoms with Gasteiger partial charge in [-0.3, -0.25) is 0 Å². The number of hydrogen-bond donors (Lipinski definition) is 2. The summed E-state index contributed by atoms with van der Waals surface area (Å²) < 4.78 is 18.4. The third-order valence-electron chi connectivity index (χ3n) is 3.50. The summed E-state index contributed by atoms with van der Waals surface area (Å²) in [7, 11) is 1.47. The minimum atomic E-state index is -0.436. The number of anilines is 1. The molecule has 0 saturated carbocycles. The number of likely N-dealkylation sites (tertiary alicyclic amines) is 1. The van der Waals surface area contributed by atoms with Gasteiger partial charge >= 0.3 is 6.03 Å². The number of amides is 2. The number of aliphatic hydroxyl groups is 1. The average molecular weight is 282 g/mol. The van der Waals surface area contributed by atoms with Gasteiger partial charge in [-0.1, -0.05) is 0 Å². The number of carbonyl (C=O) groups excluding carboxylic acids is 1. The number of nitrogens with zero attached hydrogens (tertiary/aromatic N) is 1. The van der Waals surface area contributed by atoms with Crippen molar-refractivity contribution in [3.63, 3.8) is 0 Å². The minimum Gasteiger partial charge on any atom is -0.495 e. The van der Waals surface area contributed by atoms with Crippen LogP contribution in [-0.4, -0.2) is 42.3 Å². The first kappa shape index (κ1) is 14.6. The van der Waals surface area contributed by atoms with Gasteiger partial charge in [-0.15, -0.1) is 0 Å². The number of rotatable bonds is 4. The van der Waals surface area contributed by atoms with Gasteiger partial charge in [0.05, 0.1) is 12.8 Å². The van der Waals surface area contributed by atoms with Crippen molar-refractivity contribution in [2.45, 2.75) is 25.3 Å². The molecule has 0 aliphatic carbocycles. The highest BCUT2D eigenvalue weighted by Gasteiger charge is 2.28. The molecule has 1 saturated heterocycles. The van der Waals surface area contributed by atoms with Crippen LogP contribution in [0.3, 0.4) is 0 Å². The highest BCUT2D eigenvalue weighted by Crippen LogP contribution is 2.27. The number of ether oxygens (including phenoxy) is 1. The maximum absolute atomic E-state index is 13.3. The van der Waals surface area contributed by atoms with E-state index in [2.05, 4.69) is 5.32 Å². The van der Waals surface area contributed by atoms with Crippen molar-refractivity contribution in [1.82, 2.24) is 4.90 Å². The zero-order valence-corrected chi connectivity index (χ0v) is 11.4. The normalized spacial score (nSPS) is 18.1. The Morgan fingerprint density at radius 3 is 3.10 bits per heavy atom. The Balaban J connectivity index is 2.09. The molecule has 0 bridgehead atoms. The van der Waals surface area contributed by atoms with Gasteiger partial charge in [0.25, 0.3) is 0 Å². The number of hydrogen-bond acceptors (Lipinski definition) is 3. The summed E-state index contributed by atoms with van der Waals surface area (Å²) in [5, 5.41) is 11.7. The molecule has 0 radical (unpaired) electrons. The highest BCUT2D eigenvalue weighted by molar-refractivity contribution is 5.91. The lowest BCUT2D eigenvalue weighted by Crippen LogP contribution is -2.39. The Hall–Kier alpha value is -1.82. The second kappa shape index (κ2) is 6.56. The largest absolute Gasteiger partial charge is 0.495 e. The summed E-state index contributed by atoms with van der Waals surface area (Å²) in [6, 6.07) is 3.73. The molecule has 1 aliphatic rings. The Morgan fingerprint density at radius 1 is 1.60 bits per heavy atom. The monoisotopic (exact) mass is 282 g/mol. The maximum Gasteiger partial charge on any atom is 0.322 e. The number of methoxy groups -OCH3 is 1. The molecular weight excluding hydrogens is 263 g/mol. The van der Waals surface area contributed by atoms with Crippen LogP contribution < -0.4 is 10.1 Å². The molecule has 2 rings (SSSR count). The number of halogens is 1. The molecule has 1 aliphatic heterocycles. The van der Waals surface area contributed by atoms with E-state index < -0.39 is 5.82 Å². The van der Waals surface area contributed by atoms with Crippen molar-refractivity contribution in [3.05, 3.63) is 24.0 Å². The van der Waals surface area contributed by atoms with Crippen molar-refractivity contribution < 1.29 is 19.0 Å². The fourth-order valence-electron chi connectivity index (χ4n) is 2.52. The second-order valence-corrected chi connectivity index (χ2v) is 4.78. The summed E-state index contributed by atoms with van der Waals surface area (Å²) in [4.78, 5) is 13.9. The molecule has 1 unspecified atom stereocenters. The molecule has 0 spiro atoms. The van der Waals surface area contributed by atoms with Crippen LogP contribution in [0.1, 0.15) is 19.3 Å². The third-order valence-corrected chi connectivity index (χ3v) is 3.50. The van der Waals surface area contributed by atoms with Gasteiger partial charge in [-0.25, -0.2) is 9.18 Å². The molecule has 2 amide bonds. The summed E-state index contributed by atoms with van der Waals surface area (Å²) >= 11 is 0. The van der Waals surface area contributed by atoms with Crippen LogP contribution >= 0.6 is 0 Å². The Labute approximate surface area is 117 Å². The molecule has 5 nitrogen and oxygen atoms in total. The fraction of sp³-hybridized carbons (Fsp3) is 0.500. The van der Waals surface area contributed by atoms with Crippen molar-refractivity contribution >= 4 is 11.7 Å². The fourth-order valence-corrected chi connectivity index (χ4v) is 2.52. The zero-order chi connectivity index (χ0) is 14.5. The minimum absolute atomic E-state index is 0.0413. The number of urea groups is 1. The van der Waals surface area contributed by atoms with Crippen LogP contribution in [0, 0.1) is 5.82 Å². The van der Waals surface area contributed by atoms with Crippen LogP contribution in [0.15, 0.2) is 18.2 Å². The molecule has 110 valence electrons. The zero-order valence-electron chi connectivity index (χ0n) is 11.4. The van der Waals surface area contributed by atoms with Crippen LogP contribution in [0.25, 0.3) is 0 Å². The van der Waals surface area contributed by atoms with E-state index in [4.69, 9.17) is 9.84 Å². The number of aliphatic hydroxyl groups excluding tert-OH is 1. The highest BCUT2D eigenvalue weighted by atomic mass is 19.1. The van der Waals surface area contributed by atoms with Crippen LogP contribution in [0.2, 0.25) is 0 Å². The second-order valence-electron chi connectivity index (χ2n) is 4.78. The average Bonchev–Trinajstić information content (AvgIpc) is 2.88. The van der Waals surface area contributed by atoms with Crippen molar-refractivity contribution in [3.8, 4) is 5.75 Å². The van der Waals surface area contributed by atoms with Crippen LogP contribution in [0.4, 0.5) is 14.9 Å². The quantitative estimate of drug-likeness (QED) is 0.890. The van der Waals surface area contributed by atoms with E-state index in [9.17, 15) is 9.18 Å². The molecule has 20 heavy (non-hydrogen) atoms. The number of benzene rings is 1. The van der Waals surface area contributed by atoms with Gasteiger partial charge in [-0.05, 0) is 31.4 Å². The standard InChI is InChI=1S/C14H19FN2O3/c1-20-13-5-4-10(15)9-12(13)16-14(19)17-7-2-3-11(17)6-8-18/h4-5,9,11,18H,2-3,6-8H2,1H3,(H,16,19). The van der Waals surface area contributed by atoms with E-state index in [0.717, 1.165) is 12.8 Å². The van der Waals surface area contributed by atoms with E-state index >= 15 is 0 Å². The Kier molecular flexibility index (Phi) is 4.79. The SMILES string of the molecule is COc1ccc(F)cc1NC(=O)N1CCCC1CCO. The molecular formula is C14H19FN2O3. The van der Waals surface area contributed by atoms with E-state index in [1.54, 1.807) is 4.90 Å². The lowest BCUT2D eigenvalue weighted by molar-refractivity contribution is 0.189. The van der Waals surface area contributed by atoms with Crippen LogP contribution in [-0.2, 0) is 0 Å². The van der Waals surface area contributed by atoms with Gasteiger partial charge < -0.3 is 20.1 Å². The van der Waals surface area contributed by atoms with Crippen molar-refractivity contribution in [1.29, 1.82) is 0 Å². The predicted molar refractivity (Wildman–Crippen MR) is 73.4 cm³/mol. The number of nitrogens with one attached hydrogen (secondary N) is 1. The molecule has 1 aromatic rings. The van der Waals surface area contributed by atoms with Crippen molar-refractivity contribution in [2.24, 2.45) is 0 Å². The lowest BCUT2D eigenvalue weighted by Gasteiger charge is -2.24. The summed E-state index contributed by atoms with van der Waals surface area (Å²) in [6.07, 6.45) is 2.36. The molecule has 1 fully saturated rings. The summed E-state index contributed by atoms with van der Waals surface area (Å²) in [5.74, 6) is -0.0212. The molecule has 1 heterocycles. The maximum atomic E-state index is 13.3. The topological polar surface area (TPSA) is 61.8 Å². The molecule has 6 heteroatoms. The predicted octanol–water partition coefficient (Wildman–Crippen LogP) is 2.21. The first-order chi connectivity index (χ1) is 9.65. The summed E-state index contributed by atoms with van der Waals surface area (Å²) in [6.45, 7) is 0.700. The molecule has 2 N–H and O–H groups in total. The first-order valence-corrected chi connectivity index (χ1v) is 6.67. The van der Waals surface area contributed by atoms with E-state index in [0.29, 0.717) is 24.4 Å². The van der Waals surface area contributed by atoms with Gasteiger partial charge in [-0.2, -0.15) is 0 Å².